The highest BCUT2D eigenvalue weighted by Crippen LogP contribution is 2.17. The average Bonchev–Trinajstić information content (AvgIpc) is 2.66. The van der Waals surface area contributed by atoms with Gasteiger partial charge in [0, 0.05) is 52.9 Å². The lowest BCUT2D eigenvalue weighted by Crippen LogP contribution is -2.51. The Morgan fingerprint density at radius 3 is 2.27 bits per heavy atom. The van der Waals surface area contributed by atoms with E-state index in [1.165, 1.54) is 32.1 Å². The molecule has 7 heteroatoms. The van der Waals surface area contributed by atoms with Crippen molar-refractivity contribution in [1.82, 2.24) is 20.4 Å². The van der Waals surface area contributed by atoms with Gasteiger partial charge in [-0.15, -0.1) is 0 Å². The number of methoxy groups -OCH3 is 1. The van der Waals surface area contributed by atoms with E-state index in [4.69, 9.17) is 4.74 Å². The molecule has 0 aromatic carbocycles. The Morgan fingerprint density at radius 1 is 1.08 bits per heavy atom. The van der Waals surface area contributed by atoms with E-state index >= 15 is 0 Å². The predicted octanol–water partition coefficient (Wildman–Crippen LogP) is 1.05. The van der Waals surface area contributed by atoms with Gasteiger partial charge in [0.25, 0.3) is 0 Å². The molecule has 0 unspecified atom stereocenters. The summed E-state index contributed by atoms with van der Waals surface area (Å²) in [5.74, 6) is 0.839. The number of carbonyl (C=O) groups is 1. The minimum Gasteiger partial charge on any atom is -0.383 e. The van der Waals surface area contributed by atoms with E-state index < -0.39 is 0 Å². The monoisotopic (exact) mass is 367 g/mol. The fourth-order valence-electron chi connectivity index (χ4n) is 3.58. The lowest BCUT2D eigenvalue weighted by Gasteiger charge is -2.34. The van der Waals surface area contributed by atoms with Gasteiger partial charge in [-0.3, -0.25) is 4.79 Å². The zero-order chi connectivity index (χ0) is 18.8. The number of amides is 1. The number of aliphatic imine (C=N–C) groups is 1. The molecule has 0 atom stereocenters. The molecule has 1 aliphatic carbocycles. The van der Waals surface area contributed by atoms with Crippen molar-refractivity contribution in [1.29, 1.82) is 0 Å². The van der Waals surface area contributed by atoms with Crippen LogP contribution in [0.4, 0.5) is 0 Å². The fraction of sp³-hybridized carbons (Fsp3) is 0.895. The SMILES string of the molecule is COCCN1CCC(NC(=NCC(=O)N(C)C)NC2CCCCC2)CC1. The maximum atomic E-state index is 11.9. The molecule has 26 heavy (non-hydrogen) atoms. The third-order valence-corrected chi connectivity index (χ3v) is 5.36. The van der Waals surface area contributed by atoms with E-state index in [0.717, 1.165) is 45.0 Å². The van der Waals surface area contributed by atoms with Crippen LogP contribution in [0.15, 0.2) is 4.99 Å². The molecule has 0 spiro atoms. The Bertz CT molecular complexity index is 441. The van der Waals surface area contributed by atoms with Crippen molar-refractivity contribution in [2.24, 2.45) is 4.99 Å². The zero-order valence-corrected chi connectivity index (χ0v) is 16.8. The Balaban J connectivity index is 1.86. The normalized spacial score (nSPS) is 20.8. The van der Waals surface area contributed by atoms with E-state index in [1.54, 1.807) is 26.1 Å². The highest BCUT2D eigenvalue weighted by Gasteiger charge is 2.21. The molecule has 150 valence electrons. The smallest absolute Gasteiger partial charge is 0.243 e. The lowest BCUT2D eigenvalue weighted by atomic mass is 9.95. The molecule has 1 amide bonds. The van der Waals surface area contributed by atoms with Crippen molar-refractivity contribution in [3.05, 3.63) is 0 Å². The van der Waals surface area contributed by atoms with E-state index in [1.807, 2.05) is 0 Å². The molecule has 2 N–H and O–H groups in total. The second-order valence-electron chi connectivity index (χ2n) is 7.69. The topological polar surface area (TPSA) is 69.2 Å². The van der Waals surface area contributed by atoms with Crippen molar-refractivity contribution < 1.29 is 9.53 Å². The van der Waals surface area contributed by atoms with E-state index in [0.29, 0.717) is 12.1 Å². The van der Waals surface area contributed by atoms with Crippen LogP contribution in [-0.4, -0.2) is 87.7 Å². The van der Waals surface area contributed by atoms with Gasteiger partial charge in [-0.1, -0.05) is 19.3 Å². The lowest BCUT2D eigenvalue weighted by molar-refractivity contribution is -0.127. The van der Waals surface area contributed by atoms with Gasteiger partial charge in [0.15, 0.2) is 5.96 Å². The first-order chi connectivity index (χ1) is 12.6. The second kappa shape index (κ2) is 11.4. The van der Waals surface area contributed by atoms with Crippen molar-refractivity contribution in [3.8, 4) is 0 Å². The molecule has 1 heterocycles. The number of likely N-dealkylation sites (N-methyl/N-ethyl adjacent to an activating group) is 1. The number of piperidine rings is 1. The van der Waals surface area contributed by atoms with Crippen LogP contribution in [0.3, 0.4) is 0 Å². The van der Waals surface area contributed by atoms with E-state index in [9.17, 15) is 4.79 Å². The van der Waals surface area contributed by atoms with Crippen molar-refractivity contribution in [3.63, 3.8) is 0 Å². The summed E-state index contributed by atoms with van der Waals surface area (Å²) in [7, 11) is 5.30. The quantitative estimate of drug-likeness (QED) is 0.520. The minimum absolute atomic E-state index is 0.0316. The van der Waals surface area contributed by atoms with Crippen LogP contribution in [0.5, 0.6) is 0 Å². The predicted molar refractivity (Wildman–Crippen MR) is 105 cm³/mol. The van der Waals surface area contributed by atoms with Crippen molar-refractivity contribution in [2.45, 2.75) is 57.0 Å². The number of nitrogens with one attached hydrogen (secondary N) is 2. The molecular formula is C19H37N5O2. The van der Waals surface area contributed by atoms with Crippen LogP contribution in [-0.2, 0) is 9.53 Å². The largest absolute Gasteiger partial charge is 0.383 e. The summed E-state index contributed by atoms with van der Waals surface area (Å²) in [5.41, 5.74) is 0. The number of nitrogens with zero attached hydrogens (tertiary/aromatic N) is 3. The van der Waals surface area contributed by atoms with Gasteiger partial charge in [-0.05, 0) is 25.7 Å². The zero-order valence-electron chi connectivity index (χ0n) is 16.8. The summed E-state index contributed by atoms with van der Waals surface area (Å²) in [6.45, 7) is 4.15. The number of hydrogen-bond donors (Lipinski definition) is 2. The van der Waals surface area contributed by atoms with Gasteiger partial charge in [-0.25, -0.2) is 4.99 Å². The molecule has 0 radical (unpaired) electrons. The van der Waals surface area contributed by atoms with E-state index in [-0.39, 0.29) is 12.5 Å². The molecule has 2 aliphatic rings. The molecule has 2 rings (SSSR count). The number of rotatable bonds is 7. The van der Waals surface area contributed by atoms with Crippen molar-refractivity contribution >= 4 is 11.9 Å². The Morgan fingerprint density at radius 2 is 1.69 bits per heavy atom. The average molecular weight is 368 g/mol. The van der Waals surface area contributed by atoms with Crippen LogP contribution in [0.1, 0.15) is 44.9 Å². The van der Waals surface area contributed by atoms with Crippen LogP contribution in [0.2, 0.25) is 0 Å². The standard InChI is InChI=1S/C19H37N5O2/c1-23(2)18(25)15-20-19(21-16-7-5-4-6-8-16)22-17-9-11-24(12-10-17)13-14-26-3/h16-17H,4-15H2,1-3H3,(H2,20,21,22). The molecule has 1 aliphatic heterocycles. The molecule has 2 fully saturated rings. The molecule has 0 aromatic heterocycles. The summed E-state index contributed by atoms with van der Waals surface area (Å²) in [6, 6.07) is 0.893. The van der Waals surface area contributed by atoms with Crippen LogP contribution >= 0.6 is 0 Å². The van der Waals surface area contributed by atoms with Gasteiger partial charge < -0.3 is 25.2 Å². The van der Waals surface area contributed by atoms with Crippen molar-refractivity contribution in [2.75, 3.05) is 54.0 Å². The highest BCUT2D eigenvalue weighted by molar-refractivity contribution is 5.85. The molecular weight excluding hydrogens is 330 g/mol. The molecule has 0 aromatic rings. The number of likely N-dealkylation sites (tertiary alicyclic amines) is 1. The minimum atomic E-state index is 0.0316. The van der Waals surface area contributed by atoms with E-state index in [2.05, 4.69) is 20.5 Å². The Kier molecular flexibility index (Phi) is 9.18. The highest BCUT2D eigenvalue weighted by atomic mass is 16.5. The van der Waals surface area contributed by atoms with Gasteiger partial charge in [0.1, 0.15) is 6.54 Å². The van der Waals surface area contributed by atoms with Gasteiger partial charge in [-0.2, -0.15) is 0 Å². The summed E-state index contributed by atoms with van der Waals surface area (Å²) in [6.07, 6.45) is 8.46. The van der Waals surface area contributed by atoms with Gasteiger partial charge in [0.05, 0.1) is 6.61 Å². The van der Waals surface area contributed by atoms with Gasteiger partial charge in [0.2, 0.25) is 5.91 Å². The summed E-state index contributed by atoms with van der Waals surface area (Å²) in [5, 5.41) is 7.16. The van der Waals surface area contributed by atoms with Crippen LogP contribution in [0.25, 0.3) is 0 Å². The Labute approximate surface area is 158 Å². The van der Waals surface area contributed by atoms with Gasteiger partial charge >= 0.3 is 0 Å². The number of carbonyl (C=O) groups excluding carboxylic acids is 1. The molecule has 0 bridgehead atoms. The first kappa shape index (κ1) is 21.0. The number of guanidine groups is 1. The maximum absolute atomic E-state index is 11.9. The summed E-state index contributed by atoms with van der Waals surface area (Å²) < 4.78 is 5.17. The fourth-order valence-corrected chi connectivity index (χ4v) is 3.58. The van der Waals surface area contributed by atoms with Crippen LogP contribution in [0, 0.1) is 0 Å². The third-order valence-electron chi connectivity index (χ3n) is 5.36. The molecule has 1 saturated carbocycles. The van der Waals surface area contributed by atoms with Crippen LogP contribution < -0.4 is 10.6 Å². The number of ether oxygens (including phenoxy) is 1. The summed E-state index contributed by atoms with van der Waals surface area (Å²) in [4.78, 5) is 20.5. The first-order valence-electron chi connectivity index (χ1n) is 10.1. The Hall–Kier alpha value is -1.34. The summed E-state index contributed by atoms with van der Waals surface area (Å²) >= 11 is 0. The second-order valence-corrected chi connectivity index (χ2v) is 7.69. The molecule has 7 nitrogen and oxygen atoms in total. The number of hydrogen-bond acceptors (Lipinski definition) is 4. The maximum Gasteiger partial charge on any atom is 0.243 e. The molecule has 1 saturated heterocycles. The first-order valence-corrected chi connectivity index (χ1v) is 10.1. The third kappa shape index (κ3) is 7.50.